The second-order valence-corrected chi connectivity index (χ2v) is 6.63. The second-order valence-electron chi connectivity index (χ2n) is 6.63. The first-order valence-electron chi connectivity index (χ1n) is 8.62. The summed E-state index contributed by atoms with van der Waals surface area (Å²) in [6.45, 7) is 2.21. The lowest BCUT2D eigenvalue weighted by Gasteiger charge is -2.34. The lowest BCUT2D eigenvalue weighted by atomic mass is 10.0. The number of unbranched alkanes of at least 4 members (excludes halogenated alkanes) is 9. The molecule has 0 rings (SSSR count). The number of carboxylic acids is 1. The third-order valence-corrected chi connectivity index (χ3v) is 4.37. The number of hydrogen-bond donors (Lipinski definition) is 1. The number of amides is 1. The Morgan fingerprint density at radius 3 is 1.68 bits per heavy atom. The second kappa shape index (κ2) is 11.5. The molecule has 0 aliphatic rings. The molecular formula is C17H33NO4. The van der Waals surface area contributed by atoms with Gasteiger partial charge in [-0.1, -0.05) is 64.7 Å². The molecule has 0 heterocycles. The largest absolute Gasteiger partial charge is 0.498 e. The monoisotopic (exact) mass is 315 g/mol. The van der Waals surface area contributed by atoms with Gasteiger partial charge in [0.1, 0.15) is 0 Å². The minimum atomic E-state index is -1.35. The average Bonchev–Trinajstić information content (AvgIpc) is 2.43. The first-order valence-corrected chi connectivity index (χ1v) is 8.62. The van der Waals surface area contributed by atoms with Gasteiger partial charge in [-0.25, -0.2) is 4.79 Å². The fourth-order valence-corrected chi connectivity index (χ4v) is 2.67. The molecule has 0 saturated heterocycles. The van der Waals surface area contributed by atoms with Crippen molar-refractivity contribution in [1.82, 2.24) is 0 Å². The van der Waals surface area contributed by atoms with E-state index >= 15 is 0 Å². The summed E-state index contributed by atoms with van der Waals surface area (Å²) in [7, 11) is 2.76. The highest BCUT2D eigenvalue weighted by Gasteiger charge is 2.36. The Morgan fingerprint density at radius 1 is 0.909 bits per heavy atom. The van der Waals surface area contributed by atoms with E-state index in [4.69, 9.17) is 0 Å². The molecule has 0 radical (unpaired) electrons. The Morgan fingerprint density at radius 2 is 1.32 bits per heavy atom. The Bertz CT molecular complexity index is 329. The van der Waals surface area contributed by atoms with Gasteiger partial charge in [0.15, 0.2) is 6.04 Å². The van der Waals surface area contributed by atoms with Crippen LogP contribution in [0.15, 0.2) is 0 Å². The molecule has 22 heavy (non-hydrogen) atoms. The number of aliphatic carboxylic acids is 1. The molecule has 0 aliphatic carbocycles. The molecule has 5 nitrogen and oxygen atoms in total. The van der Waals surface area contributed by atoms with Crippen LogP contribution >= 0.6 is 0 Å². The highest BCUT2D eigenvalue weighted by atomic mass is 16.4. The van der Waals surface area contributed by atoms with Gasteiger partial charge < -0.3 is 15.0 Å². The molecule has 1 amide bonds. The first kappa shape index (κ1) is 20.9. The van der Waals surface area contributed by atoms with Crippen molar-refractivity contribution in [3.8, 4) is 0 Å². The van der Waals surface area contributed by atoms with Gasteiger partial charge in [0.05, 0.1) is 14.1 Å². The van der Waals surface area contributed by atoms with E-state index in [2.05, 4.69) is 6.92 Å². The lowest BCUT2D eigenvalue weighted by molar-refractivity contribution is -0.855. The van der Waals surface area contributed by atoms with Crippen LogP contribution in [0.1, 0.15) is 77.6 Å². The topological polar surface area (TPSA) is 77.4 Å². The molecule has 0 saturated carbocycles. The number of carbonyl (C=O) groups is 2. The van der Waals surface area contributed by atoms with Crippen LogP contribution in [0.25, 0.3) is 0 Å². The summed E-state index contributed by atoms with van der Waals surface area (Å²) in [5, 5.41) is 20.2. The maximum Gasteiger partial charge on any atom is 0.363 e. The van der Waals surface area contributed by atoms with Crippen molar-refractivity contribution >= 4 is 12.1 Å². The number of quaternary nitrogens is 1. The molecule has 1 atom stereocenters. The molecule has 0 fully saturated rings. The fourth-order valence-electron chi connectivity index (χ4n) is 2.67. The van der Waals surface area contributed by atoms with E-state index in [0.717, 1.165) is 19.3 Å². The van der Waals surface area contributed by atoms with Crippen molar-refractivity contribution in [2.75, 3.05) is 14.1 Å². The molecule has 0 aliphatic heterocycles. The van der Waals surface area contributed by atoms with Crippen LogP contribution in [0.3, 0.4) is 0 Å². The molecule has 0 aromatic heterocycles. The molecule has 1 N–H and O–H groups in total. The third kappa shape index (κ3) is 8.37. The minimum absolute atomic E-state index is 0.382. The predicted octanol–water partition coefficient (Wildman–Crippen LogP) is 3.17. The van der Waals surface area contributed by atoms with Crippen molar-refractivity contribution in [2.45, 2.75) is 83.6 Å². The highest BCUT2D eigenvalue weighted by Crippen LogP contribution is 2.17. The molecule has 1 unspecified atom stereocenters. The smallest absolute Gasteiger partial charge is 0.363 e. The standard InChI is InChI=1S/C17H33NO4/c1-4-5-6-7-8-9-10-11-12-13-14-15(16(19)20)18(2,3)17(21)22/h15H,4-14H2,1-3H3,(H-,19,20,21,22). The number of nitrogens with zero attached hydrogens (tertiary/aromatic N) is 1. The molecule has 0 aromatic carbocycles. The van der Waals surface area contributed by atoms with Gasteiger partial charge in [-0.15, -0.1) is 0 Å². The van der Waals surface area contributed by atoms with Gasteiger partial charge in [0.2, 0.25) is 0 Å². The fraction of sp³-hybridized carbons (Fsp3) is 0.882. The molecule has 0 bridgehead atoms. The molecule has 5 heteroatoms. The van der Waals surface area contributed by atoms with E-state index in [0.29, 0.717) is 6.42 Å². The molecule has 130 valence electrons. The van der Waals surface area contributed by atoms with Crippen LogP contribution < -0.4 is 5.11 Å². The van der Waals surface area contributed by atoms with Gasteiger partial charge in [-0.3, -0.25) is 4.48 Å². The molecule has 0 spiro atoms. The minimum Gasteiger partial charge on any atom is -0.498 e. The molecule has 0 aromatic rings. The maximum absolute atomic E-state index is 11.2. The van der Waals surface area contributed by atoms with Gasteiger partial charge in [-0.05, 0) is 6.42 Å². The van der Waals surface area contributed by atoms with E-state index in [1.165, 1.54) is 59.0 Å². The van der Waals surface area contributed by atoms with Crippen LogP contribution in [0, 0.1) is 0 Å². The maximum atomic E-state index is 11.2. The Labute approximate surface area is 134 Å². The van der Waals surface area contributed by atoms with Gasteiger partial charge in [0, 0.05) is 6.42 Å². The normalized spacial score (nSPS) is 13.0. The quantitative estimate of drug-likeness (QED) is 0.418. The first-order chi connectivity index (χ1) is 10.3. The van der Waals surface area contributed by atoms with E-state index in [-0.39, 0.29) is 0 Å². The predicted molar refractivity (Wildman–Crippen MR) is 85.4 cm³/mol. The average molecular weight is 315 g/mol. The van der Waals surface area contributed by atoms with E-state index in [1.54, 1.807) is 0 Å². The van der Waals surface area contributed by atoms with Crippen molar-refractivity contribution < 1.29 is 24.3 Å². The zero-order chi connectivity index (χ0) is 17.0. The Kier molecular flexibility index (Phi) is 10.9. The number of carboxylic acid groups (broad SMARTS) is 2. The molecular weight excluding hydrogens is 282 g/mol. The summed E-state index contributed by atoms with van der Waals surface area (Å²) in [6, 6.07) is -0.931. The van der Waals surface area contributed by atoms with Crippen molar-refractivity contribution in [3.05, 3.63) is 0 Å². The van der Waals surface area contributed by atoms with Crippen LogP contribution in [0.2, 0.25) is 0 Å². The third-order valence-electron chi connectivity index (χ3n) is 4.37. The van der Waals surface area contributed by atoms with Crippen molar-refractivity contribution in [1.29, 1.82) is 0 Å². The van der Waals surface area contributed by atoms with Crippen LogP contribution in [0.5, 0.6) is 0 Å². The van der Waals surface area contributed by atoms with Gasteiger partial charge >= 0.3 is 5.97 Å². The number of rotatable bonds is 13. The SMILES string of the molecule is CCCCCCCCCCCCC(C(=O)O)[N+](C)(C)C(=O)[O-]. The van der Waals surface area contributed by atoms with E-state index in [1.807, 2.05) is 0 Å². The Hall–Kier alpha value is -1.10. The summed E-state index contributed by atoms with van der Waals surface area (Å²) in [4.78, 5) is 22.3. The van der Waals surface area contributed by atoms with Gasteiger partial charge in [-0.2, -0.15) is 0 Å². The summed E-state index contributed by atoms with van der Waals surface area (Å²) in [6.07, 6.45) is 10.8. The highest BCUT2D eigenvalue weighted by molar-refractivity contribution is 5.74. The van der Waals surface area contributed by atoms with Crippen LogP contribution in [-0.2, 0) is 4.79 Å². The van der Waals surface area contributed by atoms with E-state index < -0.39 is 22.6 Å². The number of hydrogen-bond acceptors (Lipinski definition) is 3. The van der Waals surface area contributed by atoms with Crippen molar-refractivity contribution in [2.24, 2.45) is 0 Å². The Balaban J connectivity index is 3.79. The number of likely N-dealkylation sites (N-methyl/N-ethyl adjacent to an activating group) is 1. The van der Waals surface area contributed by atoms with Crippen LogP contribution in [0.4, 0.5) is 4.79 Å². The summed E-state index contributed by atoms with van der Waals surface area (Å²) < 4.78 is -0.618. The zero-order valence-electron chi connectivity index (χ0n) is 14.5. The van der Waals surface area contributed by atoms with Gasteiger partial charge in [0.25, 0.3) is 6.09 Å². The zero-order valence-corrected chi connectivity index (χ0v) is 14.5. The summed E-state index contributed by atoms with van der Waals surface area (Å²) in [5.74, 6) is -1.06. The summed E-state index contributed by atoms with van der Waals surface area (Å²) >= 11 is 0. The number of carbonyl (C=O) groups excluding carboxylic acids is 1. The summed E-state index contributed by atoms with van der Waals surface area (Å²) in [5.41, 5.74) is 0. The van der Waals surface area contributed by atoms with Crippen molar-refractivity contribution in [3.63, 3.8) is 0 Å². The van der Waals surface area contributed by atoms with E-state index in [9.17, 15) is 19.8 Å². The van der Waals surface area contributed by atoms with Crippen LogP contribution in [-0.4, -0.2) is 41.8 Å². The lowest BCUT2D eigenvalue weighted by Crippen LogP contribution is -2.61.